The van der Waals surface area contributed by atoms with Gasteiger partial charge in [-0.1, -0.05) is 25.1 Å². The van der Waals surface area contributed by atoms with Crippen LogP contribution in [0.2, 0.25) is 0 Å². The average Bonchev–Trinajstić information content (AvgIpc) is 3.22. The first-order chi connectivity index (χ1) is 11.6. The topological polar surface area (TPSA) is 60.1 Å². The summed E-state index contributed by atoms with van der Waals surface area (Å²) in [7, 11) is 1.80. The van der Waals surface area contributed by atoms with Crippen LogP contribution >= 0.6 is 11.8 Å². The van der Waals surface area contributed by atoms with E-state index >= 15 is 0 Å². The van der Waals surface area contributed by atoms with Crippen LogP contribution in [0.5, 0.6) is 0 Å². The number of carbonyl (C=O) groups is 1. The van der Waals surface area contributed by atoms with Crippen LogP contribution in [0.3, 0.4) is 0 Å². The molecule has 5 nitrogen and oxygen atoms in total. The molecule has 124 valence electrons. The second kappa shape index (κ2) is 7.40. The largest absolute Gasteiger partial charge is 0.472 e. The van der Waals surface area contributed by atoms with E-state index in [-0.39, 0.29) is 11.2 Å². The van der Waals surface area contributed by atoms with Crippen molar-refractivity contribution in [1.29, 1.82) is 0 Å². The monoisotopic (exact) mass is 341 g/mol. The van der Waals surface area contributed by atoms with Gasteiger partial charge in [-0.05, 0) is 18.2 Å². The van der Waals surface area contributed by atoms with E-state index in [0.717, 1.165) is 5.56 Å². The van der Waals surface area contributed by atoms with Gasteiger partial charge in [-0.2, -0.15) is 5.10 Å². The number of hydrogen-bond donors (Lipinski definition) is 1. The van der Waals surface area contributed by atoms with Crippen molar-refractivity contribution in [3.05, 3.63) is 60.7 Å². The van der Waals surface area contributed by atoms with E-state index in [1.165, 1.54) is 4.90 Å². The number of nitrogens with zero attached hydrogens (tertiary/aromatic N) is 2. The smallest absolute Gasteiger partial charge is 0.255 e. The number of aryl methyl sites for hydroxylation is 1. The third kappa shape index (κ3) is 3.89. The van der Waals surface area contributed by atoms with Crippen LogP contribution in [0.1, 0.15) is 17.3 Å². The fraction of sp³-hybridized carbons (Fsp3) is 0.222. The maximum atomic E-state index is 12.5. The molecule has 3 rings (SSSR count). The highest BCUT2D eigenvalue weighted by atomic mass is 32.2. The molecule has 0 aliphatic carbocycles. The van der Waals surface area contributed by atoms with Gasteiger partial charge in [0.15, 0.2) is 0 Å². The highest BCUT2D eigenvalue weighted by Gasteiger charge is 2.18. The molecule has 1 atom stereocenters. The quantitative estimate of drug-likeness (QED) is 0.696. The molecule has 2 aromatic heterocycles. The summed E-state index contributed by atoms with van der Waals surface area (Å²) in [6.45, 7) is 2.68. The molecule has 0 spiro atoms. The molecule has 24 heavy (non-hydrogen) atoms. The van der Waals surface area contributed by atoms with Gasteiger partial charge >= 0.3 is 0 Å². The van der Waals surface area contributed by atoms with Crippen LogP contribution in [-0.4, -0.2) is 27.5 Å². The van der Waals surface area contributed by atoms with Gasteiger partial charge in [0.05, 0.1) is 18.1 Å². The van der Waals surface area contributed by atoms with E-state index in [2.05, 4.69) is 29.5 Å². The minimum atomic E-state index is -0.125. The van der Waals surface area contributed by atoms with Gasteiger partial charge in [-0.3, -0.25) is 9.48 Å². The Labute approximate surface area is 145 Å². The summed E-state index contributed by atoms with van der Waals surface area (Å²) in [4.78, 5) is 13.7. The molecule has 1 aromatic carbocycles. The second-order valence-corrected chi connectivity index (χ2v) is 7.04. The van der Waals surface area contributed by atoms with Crippen molar-refractivity contribution in [2.24, 2.45) is 7.05 Å². The number of amides is 1. The summed E-state index contributed by atoms with van der Waals surface area (Å²) < 4.78 is 6.73. The number of nitrogens with one attached hydrogen (secondary N) is 1. The minimum absolute atomic E-state index is 0.125. The Kier molecular flexibility index (Phi) is 5.05. The maximum absolute atomic E-state index is 12.5. The number of benzene rings is 1. The normalized spacial score (nSPS) is 12.1. The van der Waals surface area contributed by atoms with E-state index in [1.807, 2.05) is 18.2 Å². The SMILES string of the molecule is CC(CNC(=O)c1cn(C)nc1-c1ccoc1)Sc1ccccc1. The zero-order valence-electron chi connectivity index (χ0n) is 13.6. The zero-order valence-corrected chi connectivity index (χ0v) is 14.4. The summed E-state index contributed by atoms with van der Waals surface area (Å²) in [5.41, 5.74) is 1.98. The molecule has 0 fully saturated rings. The molecule has 0 aliphatic rings. The Balaban J connectivity index is 1.63. The fourth-order valence-electron chi connectivity index (χ4n) is 2.37. The molecule has 0 bridgehead atoms. The Morgan fingerprint density at radius 1 is 1.33 bits per heavy atom. The third-order valence-corrected chi connectivity index (χ3v) is 4.61. The van der Waals surface area contributed by atoms with Gasteiger partial charge in [-0.25, -0.2) is 0 Å². The summed E-state index contributed by atoms with van der Waals surface area (Å²) in [6, 6.07) is 12.0. The van der Waals surface area contributed by atoms with Gasteiger partial charge in [0.1, 0.15) is 5.69 Å². The molecule has 0 saturated carbocycles. The van der Waals surface area contributed by atoms with Crippen LogP contribution in [-0.2, 0) is 7.05 Å². The van der Waals surface area contributed by atoms with Crippen molar-refractivity contribution in [1.82, 2.24) is 15.1 Å². The van der Waals surface area contributed by atoms with Crippen molar-refractivity contribution < 1.29 is 9.21 Å². The van der Waals surface area contributed by atoms with Gasteiger partial charge in [0.2, 0.25) is 0 Å². The van der Waals surface area contributed by atoms with Crippen LogP contribution in [0.15, 0.2) is 64.4 Å². The molecule has 0 aliphatic heterocycles. The highest BCUT2D eigenvalue weighted by Crippen LogP contribution is 2.24. The van der Waals surface area contributed by atoms with Gasteiger partial charge < -0.3 is 9.73 Å². The Morgan fingerprint density at radius 3 is 2.83 bits per heavy atom. The number of carbonyl (C=O) groups excluding carboxylic acids is 1. The van der Waals surface area contributed by atoms with Crippen molar-refractivity contribution >= 4 is 17.7 Å². The van der Waals surface area contributed by atoms with Crippen molar-refractivity contribution in [3.63, 3.8) is 0 Å². The Hall–Kier alpha value is -2.47. The first-order valence-corrected chi connectivity index (χ1v) is 8.57. The maximum Gasteiger partial charge on any atom is 0.255 e. The number of hydrogen-bond acceptors (Lipinski definition) is 4. The highest BCUT2D eigenvalue weighted by molar-refractivity contribution is 8.00. The van der Waals surface area contributed by atoms with E-state index < -0.39 is 0 Å². The van der Waals surface area contributed by atoms with Crippen molar-refractivity contribution in [3.8, 4) is 11.3 Å². The first kappa shape index (κ1) is 16.4. The molecule has 3 aromatic rings. The van der Waals surface area contributed by atoms with Crippen LogP contribution in [0, 0.1) is 0 Å². The van der Waals surface area contributed by atoms with E-state index in [4.69, 9.17) is 4.42 Å². The average molecular weight is 341 g/mol. The summed E-state index contributed by atoms with van der Waals surface area (Å²) in [5.74, 6) is -0.125. The fourth-order valence-corrected chi connectivity index (χ4v) is 3.32. The number of thioether (sulfide) groups is 1. The van der Waals surface area contributed by atoms with Crippen LogP contribution in [0.4, 0.5) is 0 Å². The number of aromatic nitrogens is 2. The van der Waals surface area contributed by atoms with Crippen LogP contribution in [0.25, 0.3) is 11.3 Å². The predicted octanol–water partition coefficient (Wildman–Crippen LogP) is 3.59. The lowest BCUT2D eigenvalue weighted by molar-refractivity contribution is 0.0954. The molecule has 1 unspecified atom stereocenters. The van der Waals surface area contributed by atoms with E-state index in [0.29, 0.717) is 17.8 Å². The van der Waals surface area contributed by atoms with Gasteiger partial charge in [-0.15, -0.1) is 11.8 Å². The number of rotatable bonds is 6. The third-order valence-electron chi connectivity index (χ3n) is 3.50. The zero-order chi connectivity index (χ0) is 16.9. The predicted molar refractivity (Wildman–Crippen MR) is 95.0 cm³/mol. The Morgan fingerprint density at radius 2 is 2.12 bits per heavy atom. The molecular weight excluding hydrogens is 322 g/mol. The van der Waals surface area contributed by atoms with Gasteiger partial charge in [0.25, 0.3) is 5.91 Å². The minimum Gasteiger partial charge on any atom is -0.472 e. The lowest BCUT2D eigenvalue weighted by Crippen LogP contribution is -2.29. The molecule has 0 radical (unpaired) electrons. The molecule has 6 heteroatoms. The Bertz CT molecular complexity index is 797. The molecule has 1 amide bonds. The van der Waals surface area contributed by atoms with E-state index in [9.17, 15) is 4.79 Å². The molecule has 1 N–H and O–H groups in total. The van der Waals surface area contributed by atoms with Gasteiger partial charge in [0, 0.05) is 35.5 Å². The molecule has 0 saturated heterocycles. The van der Waals surface area contributed by atoms with Crippen molar-refractivity contribution in [2.75, 3.05) is 6.54 Å². The second-order valence-electron chi connectivity index (χ2n) is 5.53. The lowest BCUT2D eigenvalue weighted by atomic mass is 10.1. The first-order valence-electron chi connectivity index (χ1n) is 7.69. The summed E-state index contributed by atoms with van der Waals surface area (Å²) >= 11 is 1.74. The lowest BCUT2D eigenvalue weighted by Gasteiger charge is -2.12. The van der Waals surface area contributed by atoms with Crippen molar-refractivity contribution in [2.45, 2.75) is 17.1 Å². The molecule has 2 heterocycles. The summed E-state index contributed by atoms with van der Waals surface area (Å²) in [6.07, 6.45) is 4.89. The standard InChI is InChI=1S/C18H19N3O2S/c1-13(24-15-6-4-3-5-7-15)10-19-18(22)16-11-21(2)20-17(16)14-8-9-23-12-14/h3-9,11-13H,10H2,1-2H3,(H,19,22). The van der Waals surface area contributed by atoms with E-state index in [1.54, 1.807) is 48.3 Å². The molecular formula is C18H19N3O2S. The number of furan rings is 1. The summed E-state index contributed by atoms with van der Waals surface area (Å²) in [5, 5.41) is 7.62. The van der Waals surface area contributed by atoms with Crippen LogP contribution < -0.4 is 5.32 Å².